The minimum atomic E-state index is -0.137. The fourth-order valence-corrected chi connectivity index (χ4v) is 4.57. The maximum Gasteiger partial charge on any atom is 0.220 e. The highest BCUT2D eigenvalue weighted by Gasteiger charge is 2.22. The second kappa shape index (κ2) is 15.5. The Morgan fingerprint density at radius 1 is 1.00 bits per heavy atom. The highest BCUT2D eigenvalue weighted by Crippen LogP contribution is 2.17. The number of carbonyl (C=O) groups excluding carboxylic acids is 1. The van der Waals surface area contributed by atoms with Crippen molar-refractivity contribution >= 4 is 35.8 Å². The Labute approximate surface area is 217 Å². The molecule has 4 N–H and O–H groups in total. The molecular formula is C25H43IN6O. The number of carbonyl (C=O) groups is 1. The van der Waals surface area contributed by atoms with Crippen LogP contribution in [0.2, 0.25) is 0 Å². The number of nitrogens with zero attached hydrogens (tertiary/aromatic N) is 3. The summed E-state index contributed by atoms with van der Waals surface area (Å²) in [6.07, 6.45) is 6.73. The number of aliphatic imine (C=N–C) groups is 1. The number of hydrogen-bond acceptors (Lipinski definition) is 4. The number of piperidine rings is 1. The fraction of sp³-hybridized carbons (Fsp3) is 0.680. The van der Waals surface area contributed by atoms with Crippen molar-refractivity contribution in [1.82, 2.24) is 20.4 Å². The van der Waals surface area contributed by atoms with Crippen LogP contribution in [0.15, 0.2) is 29.3 Å². The van der Waals surface area contributed by atoms with Gasteiger partial charge in [-0.05, 0) is 89.3 Å². The van der Waals surface area contributed by atoms with E-state index in [0.29, 0.717) is 6.54 Å². The van der Waals surface area contributed by atoms with Crippen LogP contribution < -0.4 is 16.4 Å². The van der Waals surface area contributed by atoms with Crippen molar-refractivity contribution in [2.75, 3.05) is 45.8 Å². The number of guanidine groups is 1. The molecule has 0 radical (unpaired) electrons. The largest absolute Gasteiger partial charge is 0.369 e. The van der Waals surface area contributed by atoms with Gasteiger partial charge in [-0.1, -0.05) is 24.3 Å². The molecule has 1 aromatic carbocycles. The van der Waals surface area contributed by atoms with E-state index in [2.05, 4.69) is 51.6 Å². The Kier molecular flexibility index (Phi) is 13.1. The third kappa shape index (κ3) is 10.2. The van der Waals surface area contributed by atoms with Crippen LogP contribution in [-0.2, 0) is 17.9 Å². The quantitative estimate of drug-likeness (QED) is 0.165. The molecule has 0 unspecified atom stereocenters. The van der Waals surface area contributed by atoms with Crippen LogP contribution in [0.3, 0.4) is 0 Å². The molecule has 0 aliphatic carbocycles. The van der Waals surface area contributed by atoms with Crippen molar-refractivity contribution < 1.29 is 4.79 Å². The lowest BCUT2D eigenvalue weighted by atomic mass is 9.96. The molecule has 33 heavy (non-hydrogen) atoms. The molecule has 0 bridgehead atoms. The van der Waals surface area contributed by atoms with Crippen LogP contribution in [0, 0.1) is 5.92 Å². The highest BCUT2D eigenvalue weighted by molar-refractivity contribution is 14.0. The average Bonchev–Trinajstić information content (AvgIpc) is 3.31. The summed E-state index contributed by atoms with van der Waals surface area (Å²) in [6.45, 7) is 11.2. The Bertz CT molecular complexity index is 712. The zero-order valence-electron chi connectivity index (χ0n) is 20.2. The Hall–Kier alpha value is -1.39. The van der Waals surface area contributed by atoms with E-state index in [9.17, 15) is 4.79 Å². The van der Waals surface area contributed by atoms with Crippen LogP contribution in [-0.4, -0.2) is 67.5 Å². The number of likely N-dealkylation sites (tertiary alicyclic amines) is 2. The maximum absolute atomic E-state index is 11.3. The molecule has 186 valence electrons. The van der Waals surface area contributed by atoms with E-state index in [0.717, 1.165) is 70.9 Å². The number of benzene rings is 1. The Balaban J connectivity index is 0.00000385. The minimum absolute atomic E-state index is 0. The van der Waals surface area contributed by atoms with E-state index in [-0.39, 0.29) is 35.8 Å². The first-order valence-electron chi connectivity index (χ1n) is 12.5. The van der Waals surface area contributed by atoms with Crippen LogP contribution >= 0.6 is 24.0 Å². The molecule has 2 aliphatic rings. The summed E-state index contributed by atoms with van der Waals surface area (Å²) in [5, 5.41) is 6.81. The number of rotatable bonds is 11. The van der Waals surface area contributed by atoms with Crippen molar-refractivity contribution in [2.45, 2.75) is 58.5 Å². The van der Waals surface area contributed by atoms with Crippen molar-refractivity contribution in [3.05, 3.63) is 35.4 Å². The Morgan fingerprint density at radius 2 is 1.67 bits per heavy atom. The summed E-state index contributed by atoms with van der Waals surface area (Å²) >= 11 is 0. The zero-order valence-corrected chi connectivity index (χ0v) is 22.6. The van der Waals surface area contributed by atoms with Gasteiger partial charge in [-0.2, -0.15) is 0 Å². The van der Waals surface area contributed by atoms with Crippen LogP contribution in [0.1, 0.15) is 56.6 Å². The standard InChI is InChI=1S/C25H42N6O.HI/c1-2-27-25(28-13-3-4-14-30-17-11-23(12-18-30)24(26)32)29-19-21-7-9-22(10-8-21)20-31-15-5-6-16-31;/h7-10,23H,2-6,11-20H2,1H3,(H2,26,32)(H2,27,28,29);1H. The molecule has 0 atom stereocenters. The SMILES string of the molecule is CCNC(=NCc1ccc(CN2CCCC2)cc1)NCCCCN1CCC(C(N)=O)CC1.I. The summed E-state index contributed by atoms with van der Waals surface area (Å²) in [4.78, 5) is 21.0. The average molecular weight is 571 g/mol. The first-order chi connectivity index (χ1) is 15.6. The topological polar surface area (TPSA) is 86.0 Å². The van der Waals surface area contributed by atoms with Gasteiger partial charge in [-0.25, -0.2) is 4.99 Å². The molecule has 3 rings (SSSR count). The molecule has 8 heteroatoms. The monoisotopic (exact) mass is 570 g/mol. The molecule has 0 saturated carbocycles. The molecule has 2 saturated heterocycles. The number of amides is 1. The van der Waals surface area contributed by atoms with Gasteiger partial charge in [-0.3, -0.25) is 9.69 Å². The second-order valence-corrected chi connectivity index (χ2v) is 9.15. The first-order valence-corrected chi connectivity index (χ1v) is 12.5. The number of nitrogens with two attached hydrogens (primary N) is 1. The lowest BCUT2D eigenvalue weighted by molar-refractivity contribution is -0.123. The van der Waals surface area contributed by atoms with Crippen molar-refractivity contribution in [2.24, 2.45) is 16.6 Å². The highest BCUT2D eigenvalue weighted by atomic mass is 127. The van der Waals surface area contributed by atoms with E-state index < -0.39 is 0 Å². The number of primary amides is 1. The van der Waals surface area contributed by atoms with Gasteiger partial charge in [-0.15, -0.1) is 24.0 Å². The number of hydrogen-bond donors (Lipinski definition) is 3. The minimum Gasteiger partial charge on any atom is -0.369 e. The van der Waals surface area contributed by atoms with Gasteiger partial charge in [0.2, 0.25) is 5.91 Å². The molecule has 2 fully saturated rings. The predicted octanol–water partition coefficient (Wildman–Crippen LogP) is 2.93. The van der Waals surface area contributed by atoms with E-state index >= 15 is 0 Å². The van der Waals surface area contributed by atoms with Gasteiger partial charge in [0.1, 0.15) is 0 Å². The van der Waals surface area contributed by atoms with Crippen LogP contribution in [0.4, 0.5) is 0 Å². The molecule has 0 spiro atoms. The van der Waals surface area contributed by atoms with Crippen molar-refractivity contribution in [1.29, 1.82) is 0 Å². The predicted molar refractivity (Wildman–Crippen MR) is 147 cm³/mol. The number of nitrogens with one attached hydrogen (secondary N) is 2. The lowest BCUT2D eigenvalue weighted by Gasteiger charge is -2.30. The summed E-state index contributed by atoms with van der Waals surface area (Å²) in [5.74, 6) is 0.825. The van der Waals surface area contributed by atoms with E-state index in [1.807, 2.05) is 0 Å². The smallest absolute Gasteiger partial charge is 0.220 e. The summed E-state index contributed by atoms with van der Waals surface area (Å²) in [5.41, 5.74) is 8.05. The van der Waals surface area contributed by atoms with E-state index in [1.54, 1.807) is 0 Å². The molecule has 7 nitrogen and oxygen atoms in total. The fourth-order valence-electron chi connectivity index (χ4n) is 4.57. The van der Waals surface area contributed by atoms with Gasteiger partial charge < -0.3 is 21.3 Å². The van der Waals surface area contributed by atoms with Crippen molar-refractivity contribution in [3.8, 4) is 0 Å². The third-order valence-electron chi connectivity index (χ3n) is 6.58. The van der Waals surface area contributed by atoms with Crippen molar-refractivity contribution in [3.63, 3.8) is 0 Å². The molecule has 1 amide bonds. The summed E-state index contributed by atoms with van der Waals surface area (Å²) in [7, 11) is 0. The molecule has 0 aromatic heterocycles. The number of halogens is 1. The molecular weight excluding hydrogens is 527 g/mol. The normalized spacial score (nSPS) is 18.2. The molecule has 2 heterocycles. The van der Waals surface area contributed by atoms with Gasteiger partial charge in [0, 0.05) is 25.6 Å². The van der Waals surface area contributed by atoms with Gasteiger partial charge >= 0.3 is 0 Å². The zero-order chi connectivity index (χ0) is 22.6. The van der Waals surface area contributed by atoms with E-state index in [4.69, 9.17) is 10.7 Å². The summed E-state index contributed by atoms with van der Waals surface area (Å²) in [6, 6.07) is 8.91. The second-order valence-electron chi connectivity index (χ2n) is 9.15. The van der Waals surface area contributed by atoms with Crippen LogP contribution in [0.5, 0.6) is 0 Å². The first kappa shape index (κ1) is 27.9. The summed E-state index contributed by atoms with van der Waals surface area (Å²) < 4.78 is 0. The van der Waals surface area contributed by atoms with E-state index in [1.165, 1.54) is 37.1 Å². The van der Waals surface area contributed by atoms with Crippen LogP contribution in [0.25, 0.3) is 0 Å². The van der Waals surface area contributed by atoms with Gasteiger partial charge in [0.25, 0.3) is 0 Å². The lowest BCUT2D eigenvalue weighted by Crippen LogP contribution is -2.39. The van der Waals surface area contributed by atoms with Gasteiger partial charge in [0.05, 0.1) is 6.54 Å². The van der Waals surface area contributed by atoms with Gasteiger partial charge in [0.15, 0.2) is 5.96 Å². The third-order valence-corrected chi connectivity index (χ3v) is 6.58. The Morgan fingerprint density at radius 3 is 2.30 bits per heavy atom. The molecule has 1 aromatic rings. The maximum atomic E-state index is 11.3. The molecule has 2 aliphatic heterocycles. The number of unbranched alkanes of at least 4 members (excludes halogenated alkanes) is 1.